The van der Waals surface area contributed by atoms with Crippen LogP contribution in [0.25, 0.3) is 0 Å². The normalized spacial score (nSPS) is 23.0. The van der Waals surface area contributed by atoms with Gasteiger partial charge in [-0.3, -0.25) is 4.90 Å². The third kappa shape index (κ3) is 3.10. The van der Waals surface area contributed by atoms with Gasteiger partial charge in [-0.05, 0) is 19.8 Å². The summed E-state index contributed by atoms with van der Waals surface area (Å²) in [4.78, 5) is 2.26. The zero-order chi connectivity index (χ0) is 9.90. The average Bonchev–Trinajstić information content (AvgIpc) is 2.09. The van der Waals surface area contributed by atoms with Gasteiger partial charge in [0.25, 0.3) is 0 Å². The zero-order valence-electron chi connectivity index (χ0n) is 8.29. The van der Waals surface area contributed by atoms with E-state index in [2.05, 4.69) is 11.5 Å². The van der Waals surface area contributed by atoms with Gasteiger partial charge in [-0.25, -0.2) is 0 Å². The first-order valence-electron chi connectivity index (χ1n) is 4.76. The van der Waals surface area contributed by atoms with E-state index < -0.39 is 5.60 Å². The molecule has 0 aromatic carbocycles. The van der Waals surface area contributed by atoms with Crippen LogP contribution in [0, 0.1) is 0 Å². The van der Waals surface area contributed by atoms with E-state index in [9.17, 15) is 5.11 Å². The van der Waals surface area contributed by atoms with Crippen LogP contribution < -0.4 is 0 Å². The maximum absolute atomic E-state index is 9.73. The molecule has 1 rings (SSSR count). The lowest BCUT2D eigenvalue weighted by Crippen LogP contribution is -2.46. The fourth-order valence-corrected chi connectivity index (χ4v) is 1.67. The van der Waals surface area contributed by atoms with Gasteiger partial charge in [0.15, 0.2) is 0 Å². The fourth-order valence-electron chi connectivity index (χ4n) is 1.67. The van der Waals surface area contributed by atoms with Crippen molar-refractivity contribution < 1.29 is 10.2 Å². The van der Waals surface area contributed by atoms with Crippen molar-refractivity contribution in [2.75, 3.05) is 26.2 Å². The van der Waals surface area contributed by atoms with Gasteiger partial charge in [-0.15, -0.1) is 0 Å². The summed E-state index contributed by atoms with van der Waals surface area (Å²) >= 11 is 0. The second kappa shape index (κ2) is 4.22. The van der Waals surface area contributed by atoms with Crippen LogP contribution in [0.1, 0.15) is 19.8 Å². The third-order valence-electron chi connectivity index (χ3n) is 2.57. The fraction of sp³-hybridized carbons (Fsp3) is 0.800. The topological polar surface area (TPSA) is 43.7 Å². The van der Waals surface area contributed by atoms with Crippen molar-refractivity contribution in [3.05, 3.63) is 12.2 Å². The molecule has 2 N–H and O–H groups in total. The third-order valence-corrected chi connectivity index (χ3v) is 2.57. The van der Waals surface area contributed by atoms with E-state index in [1.165, 1.54) is 0 Å². The molecule has 0 aromatic heterocycles. The van der Waals surface area contributed by atoms with Crippen molar-refractivity contribution in [1.82, 2.24) is 4.90 Å². The molecular formula is C10H19NO2. The van der Waals surface area contributed by atoms with E-state index >= 15 is 0 Å². The lowest BCUT2D eigenvalue weighted by molar-refractivity contribution is -0.0579. The smallest absolute Gasteiger partial charge is 0.0901 e. The molecule has 1 saturated heterocycles. The number of likely N-dealkylation sites (tertiary alicyclic amines) is 1. The van der Waals surface area contributed by atoms with E-state index in [1.54, 1.807) is 0 Å². The van der Waals surface area contributed by atoms with Gasteiger partial charge >= 0.3 is 0 Å². The summed E-state index contributed by atoms with van der Waals surface area (Å²) in [5.74, 6) is 0. The Balaban J connectivity index is 2.34. The van der Waals surface area contributed by atoms with Gasteiger partial charge in [-0.1, -0.05) is 12.2 Å². The summed E-state index contributed by atoms with van der Waals surface area (Å²) in [6.45, 7) is 8.35. The molecule has 0 atom stereocenters. The number of hydrogen-bond acceptors (Lipinski definition) is 3. The monoisotopic (exact) mass is 185 g/mol. The summed E-state index contributed by atoms with van der Waals surface area (Å²) < 4.78 is 0. The van der Waals surface area contributed by atoms with E-state index in [0.29, 0.717) is 12.8 Å². The van der Waals surface area contributed by atoms with Gasteiger partial charge < -0.3 is 10.2 Å². The number of aliphatic hydroxyl groups excluding tert-OH is 1. The molecule has 0 spiro atoms. The molecule has 1 fully saturated rings. The second-order valence-electron chi connectivity index (χ2n) is 4.12. The minimum absolute atomic E-state index is 0.117. The Hall–Kier alpha value is -0.380. The summed E-state index contributed by atoms with van der Waals surface area (Å²) in [5.41, 5.74) is 0.320. The van der Waals surface area contributed by atoms with E-state index in [1.807, 2.05) is 6.92 Å². The van der Waals surface area contributed by atoms with E-state index in [0.717, 1.165) is 25.2 Å². The highest BCUT2D eigenvalue weighted by molar-refractivity contribution is 4.94. The Labute approximate surface area is 79.7 Å². The summed E-state index contributed by atoms with van der Waals surface area (Å²) in [6, 6.07) is 0. The van der Waals surface area contributed by atoms with Crippen molar-refractivity contribution in [3.8, 4) is 0 Å². The predicted octanol–water partition coefficient (Wildman–Crippen LogP) is 0.382. The molecule has 0 unspecified atom stereocenters. The largest absolute Gasteiger partial charge is 0.393 e. The highest BCUT2D eigenvalue weighted by Crippen LogP contribution is 2.21. The maximum atomic E-state index is 9.73. The number of piperidine rings is 1. The van der Waals surface area contributed by atoms with Crippen LogP contribution in [0.4, 0.5) is 0 Å². The van der Waals surface area contributed by atoms with Crippen LogP contribution >= 0.6 is 0 Å². The van der Waals surface area contributed by atoms with Crippen LogP contribution in [0.15, 0.2) is 12.2 Å². The van der Waals surface area contributed by atoms with Crippen molar-refractivity contribution in [2.45, 2.75) is 25.4 Å². The van der Waals surface area contributed by atoms with Crippen LogP contribution in [-0.4, -0.2) is 47.0 Å². The molecule has 0 aliphatic carbocycles. The minimum atomic E-state index is -0.828. The molecule has 3 nitrogen and oxygen atoms in total. The van der Waals surface area contributed by atoms with Gasteiger partial charge in [0.05, 0.1) is 12.2 Å². The molecule has 3 heteroatoms. The first-order valence-corrected chi connectivity index (χ1v) is 4.76. The highest BCUT2D eigenvalue weighted by Gasteiger charge is 2.31. The molecule has 0 amide bonds. The van der Waals surface area contributed by atoms with Crippen molar-refractivity contribution >= 4 is 0 Å². The first-order chi connectivity index (χ1) is 6.06. The summed E-state index contributed by atoms with van der Waals surface area (Å²) in [5, 5.41) is 18.7. The second-order valence-corrected chi connectivity index (χ2v) is 4.12. The molecule has 13 heavy (non-hydrogen) atoms. The van der Waals surface area contributed by atoms with Crippen molar-refractivity contribution in [2.24, 2.45) is 0 Å². The van der Waals surface area contributed by atoms with Crippen LogP contribution in [0.2, 0.25) is 0 Å². The van der Waals surface area contributed by atoms with Crippen LogP contribution in [-0.2, 0) is 0 Å². The number of rotatable bonds is 3. The number of nitrogens with zero attached hydrogens (tertiary/aromatic N) is 1. The number of aliphatic hydroxyl groups is 2. The van der Waals surface area contributed by atoms with E-state index in [4.69, 9.17) is 5.11 Å². The SMILES string of the molecule is C=C(C)CN1CCC(O)(CO)CC1. The molecular weight excluding hydrogens is 166 g/mol. The summed E-state index contributed by atoms with van der Waals surface area (Å²) in [7, 11) is 0. The van der Waals surface area contributed by atoms with Crippen molar-refractivity contribution in [1.29, 1.82) is 0 Å². The Morgan fingerprint density at radius 2 is 2.00 bits per heavy atom. The number of hydrogen-bond donors (Lipinski definition) is 2. The molecule has 1 aliphatic heterocycles. The average molecular weight is 185 g/mol. The lowest BCUT2D eigenvalue weighted by Gasteiger charge is -2.37. The Kier molecular flexibility index (Phi) is 3.47. The van der Waals surface area contributed by atoms with Crippen molar-refractivity contribution in [3.63, 3.8) is 0 Å². The first kappa shape index (κ1) is 10.7. The Morgan fingerprint density at radius 3 is 2.38 bits per heavy atom. The maximum Gasteiger partial charge on any atom is 0.0901 e. The van der Waals surface area contributed by atoms with Gasteiger partial charge in [0.2, 0.25) is 0 Å². The quantitative estimate of drug-likeness (QED) is 0.625. The standard InChI is InChI=1S/C10H19NO2/c1-9(2)7-11-5-3-10(13,8-12)4-6-11/h12-13H,1,3-8H2,2H3. The zero-order valence-corrected chi connectivity index (χ0v) is 8.29. The minimum Gasteiger partial charge on any atom is -0.393 e. The molecule has 0 radical (unpaired) electrons. The van der Waals surface area contributed by atoms with Gasteiger partial charge in [-0.2, -0.15) is 0 Å². The van der Waals surface area contributed by atoms with Gasteiger partial charge in [0.1, 0.15) is 0 Å². The summed E-state index contributed by atoms with van der Waals surface area (Å²) in [6.07, 6.45) is 1.33. The highest BCUT2D eigenvalue weighted by atomic mass is 16.3. The molecule has 0 saturated carbocycles. The molecule has 0 aromatic rings. The lowest BCUT2D eigenvalue weighted by atomic mass is 9.92. The van der Waals surface area contributed by atoms with Crippen LogP contribution in [0.5, 0.6) is 0 Å². The predicted molar refractivity (Wildman–Crippen MR) is 52.5 cm³/mol. The van der Waals surface area contributed by atoms with Gasteiger partial charge in [0, 0.05) is 19.6 Å². The van der Waals surface area contributed by atoms with E-state index in [-0.39, 0.29) is 6.61 Å². The molecule has 1 aliphatic rings. The Bertz CT molecular complexity index is 183. The molecule has 1 heterocycles. The Morgan fingerprint density at radius 1 is 1.46 bits per heavy atom. The molecule has 76 valence electrons. The molecule has 0 bridgehead atoms. The van der Waals surface area contributed by atoms with Crippen LogP contribution in [0.3, 0.4) is 0 Å².